The van der Waals surface area contributed by atoms with Gasteiger partial charge in [0.25, 0.3) is 0 Å². The Balaban J connectivity index is 0. The zero-order valence-electron chi connectivity index (χ0n) is 2.89. The number of hydrogen-bond acceptors (Lipinski definition) is 0. The van der Waals surface area contributed by atoms with Crippen LogP contribution in [0.2, 0.25) is 0 Å². The second-order valence-electron chi connectivity index (χ2n) is 0. The topological polar surface area (TPSA) is 126 Å². The summed E-state index contributed by atoms with van der Waals surface area (Å²) < 4.78 is 0. The Morgan fingerprint density at radius 2 is 0.333 bits per heavy atom. The molecule has 8 N–H and O–H groups in total. The first-order valence-corrected chi connectivity index (χ1v) is 0. The molecule has 0 aromatic heterocycles. The van der Waals surface area contributed by atoms with Crippen LogP contribution < -0.4 is 0 Å². The van der Waals surface area contributed by atoms with Gasteiger partial charge in [0.1, 0.15) is 0 Å². The first kappa shape index (κ1) is 249. The number of rotatable bonds is 0. The summed E-state index contributed by atoms with van der Waals surface area (Å²) in [6, 6.07) is 0. The van der Waals surface area contributed by atoms with Crippen molar-refractivity contribution in [2.75, 3.05) is 0 Å². The van der Waals surface area contributed by atoms with E-state index in [9.17, 15) is 0 Å². The van der Waals surface area contributed by atoms with Gasteiger partial charge in [-0.05, 0) is 0 Å². The monoisotopic (exact) mass is 174 g/mol. The summed E-state index contributed by atoms with van der Waals surface area (Å²) in [7, 11) is 0. The number of hydrogen-bond donors (Lipinski definition) is 0. The third-order valence-corrected chi connectivity index (χ3v) is 0. The van der Waals surface area contributed by atoms with Crippen molar-refractivity contribution in [3.8, 4) is 0 Å². The van der Waals surface area contributed by atoms with Gasteiger partial charge in [-0.3, -0.25) is 0 Å². The molecular formula is H8O4V2. The SMILES string of the molecule is O.O.O.O.[V].[V]. The van der Waals surface area contributed by atoms with Crippen LogP contribution in [0.25, 0.3) is 0 Å². The molecular weight excluding hydrogens is 166 g/mol. The fourth-order valence-electron chi connectivity index (χ4n) is 0. The average Bonchev–Trinajstić information content (AvgIpc) is 0. The van der Waals surface area contributed by atoms with Crippen molar-refractivity contribution in [2.45, 2.75) is 0 Å². The molecule has 0 fully saturated rings. The molecule has 6 heteroatoms. The molecule has 2 radical (unpaired) electrons. The molecule has 42 valence electrons. The van der Waals surface area contributed by atoms with Crippen LogP contribution in [0.1, 0.15) is 0 Å². The summed E-state index contributed by atoms with van der Waals surface area (Å²) in [5.74, 6) is 0. The molecule has 0 rings (SSSR count). The molecule has 6 heavy (non-hydrogen) atoms. The minimum absolute atomic E-state index is 0. The third kappa shape index (κ3) is 79.1. The molecule has 0 saturated carbocycles. The third-order valence-electron chi connectivity index (χ3n) is 0. The molecule has 0 bridgehead atoms. The zero-order chi connectivity index (χ0) is 0. The van der Waals surface area contributed by atoms with Crippen molar-refractivity contribution >= 4 is 0 Å². The van der Waals surface area contributed by atoms with E-state index < -0.39 is 0 Å². The van der Waals surface area contributed by atoms with Gasteiger partial charge in [0, 0.05) is 37.1 Å². The molecule has 0 atom stereocenters. The van der Waals surface area contributed by atoms with Crippen LogP contribution in [0.4, 0.5) is 0 Å². The molecule has 0 unspecified atom stereocenters. The van der Waals surface area contributed by atoms with E-state index in [1.807, 2.05) is 0 Å². The molecule has 0 amide bonds. The summed E-state index contributed by atoms with van der Waals surface area (Å²) >= 11 is 0. The Morgan fingerprint density at radius 3 is 0.333 bits per heavy atom. The van der Waals surface area contributed by atoms with E-state index in [2.05, 4.69) is 0 Å². The van der Waals surface area contributed by atoms with Crippen LogP contribution in [-0.2, 0) is 37.1 Å². The fraction of sp³-hybridized carbons (Fsp3) is 0. The summed E-state index contributed by atoms with van der Waals surface area (Å²) in [6.45, 7) is 0. The average molecular weight is 174 g/mol. The van der Waals surface area contributed by atoms with Crippen molar-refractivity contribution < 1.29 is 59.0 Å². The summed E-state index contributed by atoms with van der Waals surface area (Å²) in [6.07, 6.45) is 0. The van der Waals surface area contributed by atoms with E-state index >= 15 is 0 Å². The van der Waals surface area contributed by atoms with E-state index in [0.29, 0.717) is 0 Å². The fourth-order valence-corrected chi connectivity index (χ4v) is 0. The molecule has 0 spiro atoms. The Hall–Kier alpha value is 1.01. The van der Waals surface area contributed by atoms with Crippen molar-refractivity contribution in [3.05, 3.63) is 0 Å². The van der Waals surface area contributed by atoms with E-state index in [-0.39, 0.29) is 59.0 Å². The van der Waals surface area contributed by atoms with Crippen LogP contribution in [0.3, 0.4) is 0 Å². The maximum absolute atomic E-state index is 0. The van der Waals surface area contributed by atoms with Gasteiger partial charge in [-0.1, -0.05) is 0 Å². The van der Waals surface area contributed by atoms with Gasteiger partial charge in [-0.25, -0.2) is 0 Å². The summed E-state index contributed by atoms with van der Waals surface area (Å²) in [5, 5.41) is 0. The van der Waals surface area contributed by atoms with Crippen molar-refractivity contribution in [3.63, 3.8) is 0 Å². The van der Waals surface area contributed by atoms with E-state index in [1.54, 1.807) is 0 Å². The van der Waals surface area contributed by atoms with Crippen LogP contribution in [0.15, 0.2) is 0 Å². The Bertz CT molecular complexity index is 5.51. The predicted molar refractivity (Wildman–Crippen MR) is 14.5 cm³/mol. The minimum Gasteiger partial charge on any atom is -0.412 e. The second kappa shape index (κ2) is 148. The molecule has 0 aromatic rings. The molecule has 0 saturated heterocycles. The molecule has 0 aromatic carbocycles. The maximum Gasteiger partial charge on any atom is 0 e. The van der Waals surface area contributed by atoms with Crippen LogP contribution in [0.5, 0.6) is 0 Å². The van der Waals surface area contributed by atoms with Crippen molar-refractivity contribution in [1.82, 2.24) is 0 Å². The normalized spacial score (nSPS) is 0. The van der Waals surface area contributed by atoms with Crippen molar-refractivity contribution in [1.29, 1.82) is 0 Å². The predicted octanol–water partition coefficient (Wildman–Crippen LogP) is -3.30. The van der Waals surface area contributed by atoms with E-state index in [1.165, 1.54) is 0 Å². The first-order valence-electron chi connectivity index (χ1n) is 0. The van der Waals surface area contributed by atoms with Gasteiger partial charge in [0.15, 0.2) is 0 Å². The van der Waals surface area contributed by atoms with Gasteiger partial charge in [0.05, 0.1) is 0 Å². The van der Waals surface area contributed by atoms with Gasteiger partial charge in [-0.2, -0.15) is 0 Å². The molecule has 0 aliphatic heterocycles. The summed E-state index contributed by atoms with van der Waals surface area (Å²) in [5.41, 5.74) is 0. The van der Waals surface area contributed by atoms with Crippen LogP contribution in [0, 0.1) is 0 Å². The standard InChI is InChI=1S/4H2O.2V/h4*1H2;;. The van der Waals surface area contributed by atoms with Crippen LogP contribution in [-0.4, -0.2) is 21.9 Å². The largest absolute Gasteiger partial charge is 0.412 e. The van der Waals surface area contributed by atoms with Gasteiger partial charge >= 0.3 is 0 Å². The van der Waals surface area contributed by atoms with Gasteiger partial charge in [0.2, 0.25) is 0 Å². The quantitative estimate of drug-likeness (QED) is 0.364. The Labute approximate surface area is 59.3 Å². The smallest absolute Gasteiger partial charge is 0 e. The molecule has 0 aliphatic carbocycles. The summed E-state index contributed by atoms with van der Waals surface area (Å²) in [4.78, 5) is 0. The van der Waals surface area contributed by atoms with Crippen LogP contribution >= 0.6 is 0 Å². The molecule has 0 heterocycles. The van der Waals surface area contributed by atoms with E-state index in [4.69, 9.17) is 0 Å². The zero-order valence-corrected chi connectivity index (χ0v) is 5.69. The van der Waals surface area contributed by atoms with Gasteiger partial charge < -0.3 is 21.9 Å². The van der Waals surface area contributed by atoms with Crippen molar-refractivity contribution in [2.24, 2.45) is 0 Å². The molecule has 0 aliphatic rings. The molecule has 4 nitrogen and oxygen atoms in total. The van der Waals surface area contributed by atoms with E-state index in [0.717, 1.165) is 0 Å². The first-order chi connectivity index (χ1) is 0. The Kier molecular flexibility index (Phi) is 6140. The van der Waals surface area contributed by atoms with Gasteiger partial charge in [-0.15, -0.1) is 0 Å². The second-order valence-corrected chi connectivity index (χ2v) is 0. The Morgan fingerprint density at radius 1 is 0.333 bits per heavy atom. The minimum atomic E-state index is 0. The maximum atomic E-state index is 0.